The third kappa shape index (κ3) is 5.41. The van der Waals surface area contributed by atoms with Gasteiger partial charge in [0.2, 0.25) is 0 Å². The first-order valence-corrected chi connectivity index (χ1v) is 13.0. The second kappa shape index (κ2) is 10.5. The van der Waals surface area contributed by atoms with Gasteiger partial charge in [0.15, 0.2) is 0 Å². The summed E-state index contributed by atoms with van der Waals surface area (Å²) in [5.74, 6) is 1.61. The summed E-state index contributed by atoms with van der Waals surface area (Å²) in [4.78, 5) is 16.0. The predicted molar refractivity (Wildman–Crippen MR) is 131 cm³/mol. The van der Waals surface area contributed by atoms with Crippen LogP contribution in [0.1, 0.15) is 97.4 Å². The number of hydrogen-bond donors (Lipinski definition) is 1. The maximum Gasteiger partial charge on any atom is 0.326 e. The summed E-state index contributed by atoms with van der Waals surface area (Å²) in [6.07, 6.45) is 14.0. The highest BCUT2D eigenvalue weighted by Gasteiger charge is 2.34. The first-order valence-electron chi connectivity index (χ1n) is 13.0. The van der Waals surface area contributed by atoms with Gasteiger partial charge in [-0.3, -0.25) is 4.57 Å². The van der Waals surface area contributed by atoms with Crippen molar-refractivity contribution in [2.75, 3.05) is 13.2 Å². The zero-order chi connectivity index (χ0) is 22.6. The normalized spacial score (nSPS) is 29.5. The number of aromatic amines is 1. The predicted octanol–water partition coefficient (Wildman–Crippen LogP) is 6.62. The van der Waals surface area contributed by atoms with Crippen LogP contribution in [0.3, 0.4) is 0 Å². The van der Waals surface area contributed by atoms with Crippen molar-refractivity contribution >= 4 is 11.0 Å². The van der Waals surface area contributed by atoms with Crippen LogP contribution < -0.4 is 10.4 Å². The Balaban J connectivity index is 1.44. The number of benzene rings is 1. The van der Waals surface area contributed by atoms with E-state index in [4.69, 9.17) is 9.47 Å². The number of ether oxygens (including phenoxy) is 2. The molecule has 2 unspecified atom stereocenters. The topological polar surface area (TPSA) is 56.2 Å². The summed E-state index contributed by atoms with van der Waals surface area (Å²) in [5, 5.41) is 0. The number of imidazole rings is 1. The van der Waals surface area contributed by atoms with Crippen molar-refractivity contribution in [2.45, 2.75) is 104 Å². The van der Waals surface area contributed by atoms with Gasteiger partial charge in [-0.25, -0.2) is 4.79 Å². The molecule has 2 saturated carbocycles. The van der Waals surface area contributed by atoms with Gasteiger partial charge in [0.25, 0.3) is 0 Å². The average molecular weight is 443 g/mol. The lowest BCUT2D eigenvalue weighted by molar-refractivity contribution is -0.000585. The molecule has 2 aliphatic carbocycles. The van der Waals surface area contributed by atoms with Crippen LogP contribution in [0, 0.1) is 11.3 Å². The number of nitrogens with one attached hydrogen (secondary N) is 1. The minimum atomic E-state index is 0.0250. The van der Waals surface area contributed by atoms with Crippen molar-refractivity contribution < 1.29 is 9.47 Å². The van der Waals surface area contributed by atoms with Gasteiger partial charge in [-0.1, -0.05) is 26.2 Å². The monoisotopic (exact) mass is 442 g/mol. The quantitative estimate of drug-likeness (QED) is 0.524. The Morgan fingerprint density at radius 3 is 2.56 bits per heavy atom. The molecule has 0 amide bonds. The van der Waals surface area contributed by atoms with E-state index in [1.54, 1.807) is 0 Å². The van der Waals surface area contributed by atoms with E-state index >= 15 is 0 Å². The fraction of sp³-hybridized carbons (Fsp3) is 0.741. The van der Waals surface area contributed by atoms with Crippen molar-refractivity contribution in [2.24, 2.45) is 11.3 Å². The minimum Gasteiger partial charge on any atom is -0.494 e. The van der Waals surface area contributed by atoms with E-state index in [0.29, 0.717) is 18.1 Å². The van der Waals surface area contributed by atoms with Crippen molar-refractivity contribution in [1.29, 1.82) is 0 Å². The van der Waals surface area contributed by atoms with E-state index in [2.05, 4.69) is 18.8 Å². The molecule has 2 aliphatic rings. The summed E-state index contributed by atoms with van der Waals surface area (Å²) >= 11 is 0. The van der Waals surface area contributed by atoms with Crippen molar-refractivity contribution in [1.82, 2.24) is 9.55 Å². The molecule has 1 heterocycles. The van der Waals surface area contributed by atoms with E-state index in [1.807, 2.05) is 29.7 Å². The van der Waals surface area contributed by atoms with Crippen molar-refractivity contribution in [3.63, 3.8) is 0 Å². The van der Waals surface area contributed by atoms with E-state index < -0.39 is 0 Å². The van der Waals surface area contributed by atoms with Crippen LogP contribution in [0.5, 0.6) is 5.75 Å². The Bertz CT molecular complexity index is 923. The van der Waals surface area contributed by atoms with Crippen molar-refractivity contribution in [3.05, 3.63) is 28.7 Å². The highest BCUT2D eigenvalue weighted by atomic mass is 16.5. The second-order valence-electron chi connectivity index (χ2n) is 10.5. The maximum atomic E-state index is 12.9. The van der Waals surface area contributed by atoms with Gasteiger partial charge in [-0.05, 0) is 88.7 Å². The van der Waals surface area contributed by atoms with Gasteiger partial charge in [0.1, 0.15) is 5.75 Å². The molecule has 0 aliphatic heterocycles. The second-order valence-corrected chi connectivity index (χ2v) is 10.5. The average Bonchev–Trinajstić information content (AvgIpc) is 3.08. The molecular formula is C27H42N2O3. The van der Waals surface area contributed by atoms with E-state index in [-0.39, 0.29) is 11.7 Å². The summed E-state index contributed by atoms with van der Waals surface area (Å²) in [7, 11) is 0. The van der Waals surface area contributed by atoms with E-state index in [1.165, 1.54) is 57.8 Å². The van der Waals surface area contributed by atoms with Crippen LogP contribution in [-0.4, -0.2) is 28.9 Å². The molecule has 1 aromatic carbocycles. The highest BCUT2D eigenvalue weighted by molar-refractivity contribution is 5.77. The van der Waals surface area contributed by atoms with Crippen LogP contribution in [0.4, 0.5) is 0 Å². The minimum absolute atomic E-state index is 0.0250. The van der Waals surface area contributed by atoms with Gasteiger partial charge in [-0.15, -0.1) is 0 Å². The first kappa shape index (κ1) is 23.4. The Labute approximate surface area is 192 Å². The molecule has 5 heteroatoms. The van der Waals surface area contributed by atoms with Gasteiger partial charge in [-0.2, -0.15) is 0 Å². The van der Waals surface area contributed by atoms with Crippen LogP contribution in [-0.2, 0) is 4.74 Å². The zero-order valence-corrected chi connectivity index (χ0v) is 20.3. The molecule has 2 aromatic rings. The number of nitrogens with zero attached hydrogens (tertiary/aromatic N) is 1. The number of rotatable bonds is 7. The molecule has 2 atom stereocenters. The number of aromatic nitrogens is 2. The molecular weight excluding hydrogens is 400 g/mol. The van der Waals surface area contributed by atoms with Crippen molar-refractivity contribution in [3.8, 4) is 5.75 Å². The van der Waals surface area contributed by atoms with Gasteiger partial charge < -0.3 is 14.5 Å². The van der Waals surface area contributed by atoms with E-state index in [9.17, 15) is 4.79 Å². The number of hydrogen-bond acceptors (Lipinski definition) is 3. The third-order valence-corrected chi connectivity index (χ3v) is 8.00. The van der Waals surface area contributed by atoms with Crippen LogP contribution >= 0.6 is 0 Å². The summed E-state index contributed by atoms with van der Waals surface area (Å²) in [5.41, 5.74) is 2.38. The van der Waals surface area contributed by atoms with Crippen LogP contribution in [0.25, 0.3) is 11.0 Å². The van der Waals surface area contributed by atoms with E-state index in [0.717, 1.165) is 42.1 Å². The summed E-state index contributed by atoms with van der Waals surface area (Å²) in [6.45, 7) is 8.08. The zero-order valence-electron chi connectivity index (χ0n) is 20.3. The Morgan fingerprint density at radius 1 is 1.03 bits per heavy atom. The Kier molecular flexibility index (Phi) is 7.65. The Morgan fingerprint density at radius 2 is 1.81 bits per heavy atom. The molecule has 1 aromatic heterocycles. The fourth-order valence-electron chi connectivity index (χ4n) is 6.30. The third-order valence-electron chi connectivity index (χ3n) is 8.00. The molecule has 0 saturated heterocycles. The maximum absolute atomic E-state index is 12.9. The SMILES string of the molecule is CCOc1ccc2[nH]c(=O)n(C3CCCCC(CC4(C)CCC(OCC)CC4)CC3)c2c1. The lowest BCUT2D eigenvalue weighted by atomic mass is 9.68. The molecule has 5 nitrogen and oxygen atoms in total. The fourth-order valence-corrected chi connectivity index (χ4v) is 6.30. The largest absolute Gasteiger partial charge is 0.494 e. The van der Waals surface area contributed by atoms with Crippen LogP contribution in [0.2, 0.25) is 0 Å². The highest BCUT2D eigenvalue weighted by Crippen LogP contribution is 2.45. The lowest BCUT2D eigenvalue weighted by Gasteiger charge is -2.40. The summed E-state index contributed by atoms with van der Waals surface area (Å²) in [6, 6.07) is 6.23. The molecule has 0 radical (unpaired) electrons. The molecule has 1 N–H and O–H groups in total. The molecule has 0 bridgehead atoms. The number of fused-ring (bicyclic) bond motifs is 1. The Hall–Kier alpha value is -1.75. The molecule has 32 heavy (non-hydrogen) atoms. The molecule has 178 valence electrons. The van der Waals surface area contributed by atoms with Gasteiger partial charge in [0.05, 0.1) is 23.7 Å². The smallest absolute Gasteiger partial charge is 0.326 e. The van der Waals surface area contributed by atoms with Gasteiger partial charge >= 0.3 is 5.69 Å². The lowest BCUT2D eigenvalue weighted by Crippen LogP contribution is -2.31. The van der Waals surface area contributed by atoms with Crippen LogP contribution in [0.15, 0.2) is 23.0 Å². The number of H-pyrrole nitrogens is 1. The first-order chi connectivity index (χ1) is 15.5. The summed E-state index contributed by atoms with van der Waals surface area (Å²) < 4.78 is 13.6. The molecule has 4 rings (SSSR count). The van der Waals surface area contributed by atoms with Gasteiger partial charge in [0, 0.05) is 18.7 Å². The molecule has 2 fully saturated rings. The molecule has 0 spiro atoms. The standard InChI is InChI=1S/C27H42N2O3/c1-4-31-22-14-16-27(3,17-15-22)19-20-8-6-7-9-21(11-10-20)29-25-18-23(32-5-2)12-13-24(25)28-26(29)30/h12-13,18,20-22H,4-11,14-17,19H2,1-3H3,(H,28,30).